The molecule has 23 heavy (non-hydrogen) atoms. The van der Waals surface area contributed by atoms with Gasteiger partial charge in [-0.05, 0) is 24.6 Å². The monoisotopic (exact) mass is 334 g/mol. The van der Waals surface area contributed by atoms with E-state index in [-0.39, 0.29) is 11.6 Å². The molecule has 2 rings (SSSR count). The first kappa shape index (κ1) is 16.8. The molecule has 2 aromatic carbocycles. The van der Waals surface area contributed by atoms with Gasteiger partial charge in [0.15, 0.2) is 0 Å². The normalized spacial score (nSPS) is 11.6. The number of hydrogen-bond donors (Lipinski definition) is 1. The molecule has 7 heteroatoms. The van der Waals surface area contributed by atoms with Crippen molar-refractivity contribution in [1.29, 1.82) is 0 Å². The minimum Gasteiger partial charge on any atom is -0.497 e. The Kier molecular flexibility index (Phi) is 5.18. The highest BCUT2D eigenvalue weighted by Gasteiger charge is 2.19. The van der Waals surface area contributed by atoms with Gasteiger partial charge in [0.25, 0.3) is 5.69 Å². The summed E-state index contributed by atoms with van der Waals surface area (Å²) in [5.41, 5.74) is 0.922. The number of rotatable bonds is 5. The van der Waals surface area contributed by atoms with Gasteiger partial charge in [0, 0.05) is 18.2 Å². The molecule has 0 saturated heterocycles. The van der Waals surface area contributed by atoms with Crippen molar-refractivity contribution in [2.75, 3.05) is 12.4 Å². The van der Waals surface area contributed by atoms with Crippen molar-refractivity contribution < 1.29 is 14.5 Å². The number of methoxy groups -OCH3 is 1. The largest absolute Gasteiger partial charge is 0.497 e. The van der Waals surface area contributed by atoms with Gasteiger partial charge in [-0.15, -0.1) is 0 Å². The molecule has 2 aromatic rings. The molecule has 0 heterocycles. The van der Waals surface area contributed by atoms with Crippen LogP contribution in [0.3, 0.4) is 0 Å². The lowest BCUT2D eigenvalue weighted by Crippen LogP contribution is -2.19. The van der Waals surface area contributed by atoms with Crippen LogP contribution < -0.4 is 10.1 Å². The number of nitro groups is 1. The summed E-state index contributed by atoms with van der Waals surface area (Å²) in [7, 11) is 1.51. The molecule has 0 radical (unpaired) electrons. The quantitative estimate of drug-likeness (QED) is 0.662. The molecule has 0 aliphatic rings. The molecule has 1 amide bonds. The van der Waals surface area contributed by atoms with Crippen molar-refractivity contribution in [2.45, 2.75) is 12.8 Å². The number of carbonyl (C=O) groups is 1. The molecule has 1 atom stereocenters. The van der Waals surface area contributed by atoms with Crippen molar-refractivity contribution in [2.24, 2.45) is 0 Å². The number of nitrogens with one attached hydrogen (secondary N) is 1. The maximum atomic E-state index is 12.4. The van der Waals surface area contributed by atoms with Gasteiger partial charge in [-0.3, -0.25) is 14.9 Å². The number of non-ortho nitro benzene ring substituents is 1. The second-order valence-corrected chi connectivity index (χ2v) is 5.32. The third-order valence-electron chi connectivity index (χ3n) is 3.41. The number of carbonyl (C=O) groups excluding carboxylic acids is 1. The van der Waals surface area contributed by atoms with Gasteiger partial charge in [0.2, 0.25) is 5.91 Å². The topological polar surface area (TPSA) is 81.5 Å². The van der Waals surface area contributed by atoms with Crippen LogP contribution in [-0.4, -0.2) is 17.9 Å². The summed E-state index contributed by atoms with van der Waals surface area (Å²) < 4.78 is 5.09. The van der Waals surface area contributed by atoms with E-state index in [1.807, 2.05) is 0 Å². The van der Waals surface area contributed by atoms with Crippen molar-refractivity contribution >= 4 is 28.9 Å². The zero-order valence-electron chi connectivity index (χ0n) is 12.6. The van der Waals surface area contributed by atoms with Gasteiger partial charge in [0.05, 0.1) is 28.7 Å². The summed E-state index contributed by atoms with van der Waals surface area (Å²) in [4.78, 5) is 22.7. The van der Waals surface area contributed by atoms with Crippen molar-refractivity contribution in [3.63, 3.8) is 0 Å². The Bertz CT molecular complexity index is 749. The first-order valence-electron chi connectivity index (χ1n) is 6.81. The minimum atomic E-state index is -0.572. The Labute approximate surface area is 138 Å². The minimum absolute atomic E-state index is 0.0541. The van der Waals surface area contributed by atoms with Crippen molar-refractivity contribution in [3.8, 4) is 5.75 Å². The number of ether oxygens (including phenoxy) is 1. The first-order chi connectivity index (χ1) is 10.9. The molecule has 6 nitrogen and oxygen atoms in total. The first-order valence-corrected chi connectivity index (χ1v) is 7.19. The average molecular weight is 335 g/mol. The van der Waals surface area contributed by atoms with Crippen LogP contribution in [0.5, 0.6) is 5.75 Å². The Hall–Kier alpha value is -2.60. The third kappa shape index (κ3) is 3.98. The van der Waals surface area contributed by atoms with Crippen LogP contribution in [0, 0.1) is 10.1 Å². The molecule has 0 aliphatic carbocycles. The fourth-order valence-corrected chi connectivity index (χ4v) is 2.19. The Morgan fingerprint density at radius 1 is 1.30 bits per heavy atom. The van der Waals surface area contributed by atoms with E-state index in [4.69, 9.17) is 16.3 Å². The SMILES string of the molecule is COc1ccc(Cl)c(NC(=O)[C@@H](C)c2cccc([N+](=O)[O-])c2)c1. The predicted octanol–water partition coefficient (Wildman–Crippen LogP) is 4.00. The van der Waals surface area contributed by atoms with Crippen molar-refractivity contribution in [3.05, 3.63) is 63.2 Å². The summed E-state index contributed by atoms with van der Waals surface area (Å²) in [6, 6.07) is 10.9. The highest BCUT2D eigenvalue weighted by Crippen LogP contribution is 2.28. The summed E-state index contributed by atoms with van der Waals surface area (Å²) >= 11 is 6.06. The van der Waals surface area contributed by atoms with Gasteiger partial charge in [0.1, 0.15) is 5.75 Å². The number of anilines is 1. The second-order valence-electron chi connectivity index (χ2n) is 4.91. The number of amides is 1. The molecule has 0 unspecified atom stereocenters. The summed E-state index contributed by atoms with van der Waals surface area (Å²) in [5.74, 6) is -0.328. The van der Waals surface area contributed by atoms with E-state index < -0.39 is 10.8 Å². The van der Waals surface area contributed by atoms with Gasteiger partial charge in [-0.25, -0.2) is 0 Å². The van der Waals surface area contributed by atoms with E-state index in [9.17, 15) is 14.9 Å². The van der Waals surface area contributed by atoms with Crippen LogP contribution in [0.1, 0.15) is 18.4 Å². The van der Waals surface area contributed by atoms with Crippen molar-refractivity contribution in [1.82, 2.24) is 0 Å². The molecular formula is C16H15ClN2O4. The second kappa shape index (κ2) is 7.11. The maximum absolute atomic E-state index is 12.4. The Morgan fingerprint density at radius 3 is 2.70 bits per heavy atom. The molecule has 0 fully saturated rings. The molecule has 0 aliphatic heterocycles. The molecule has 0 aromatic heterocycles. The maximum Gasteiger partial charge on any atom is 0.269 e. The molecular weight excluding hydrogens is 320 g/mol. The lowest BCUT2D eigenvalue weighted by atomic mass is 9.99. The van der Waals surface area contributed by atoms with Crippen LogP contribution in [-0.2, 0) is 4.79 Å². The Morgan fingerprint density at radius 2 is 2.04 bits per heavy atom. The Balaban J connectivity index is 2.20. The fraction of sp³-hybridized carbons (Fsp3) is 0.188. The third-order valence-corrected chi connectivity index (χ3v) is 3.74. The average Bonchev–Trinajstić information content (AvgIpc) is 2.56. The van der Waals surface area contributed by atoms with Crippen LogP contribution in [0.15, 0.2) is 42.5 Å². The molecule has 120 valence electrons. The zero-order valence-corrected chi connectivity index (χ0v) is 13.3. The van der Waals surface area contributed by atoms with Gasteiger partial charge < -0.3 is 10.1 Å². The van der Waals surface area contributed by atoms with E-state index >= 15 is 0 Å². The van der Waals surface area contributed by atoms with Crippen LogP contribution in [0.2, 0.25) is 5.02 Å². The summed E-state index contributed by atoms with van der Waals surface area (Å²) in [6.45, 7) is 1.67. The smallest absolute Gasteiger partial charge is 0.269 e. The number of halogens is 1. The molecule has 0 saturated carbocycles. The predicted molar refractivity (Wildman–Crippen MR) is 88.1 cm³/mol. The number of benzene rings is 2. The molecule has 0 spiro atoms. The molecule has 1 N–H and O–H groups in total. The van der Waals surface area contributed by atoms with Crippen LogP contribution in [0.25, 0.3) is 0 Å². The van der Waals surface area contributed by atoms with E-state index in [0.717, 1.165) is 0 Å². The number of hydrogen-bond acceptors (Lipinski definition) is 4. The number of nitro benzene ring substituents is 1. The lowest BCUT2D eigenvalue weighted by molar-refractivity contribution is -0.384. The molecule has 0 bridgehead atoms. The van der Waals surface area contributed by atoms with E-state index in [1.165, 1.54) is 19.2 Å². The van der Waals surface area contributed by atoms with E-state index in [2.05, 4.69) is 5.32 Å². The summed E-state index contributed by atoms with van der Waals surface area (Å²) in [6.07, 6.45) is 0. The highest BCUT2D eigenvalue weighted by atomic mass is 35.5. The van der Waals surface area contributed by atoms with E-state index in [1.54, 1.807) is 37.3 Å². The fourth-order valence-electron chi connectivity index (χ4n) is 2.03. The van der Waals surface area contributed by atoms with Gasteiger partial charge >= 0.3 is 0 Å². The van der Waals surface area contributed by atoms with Crippen LogP contribution >= 0.6 is 11.6 Å². The van der Waals surface area contributed by atoms with Crippen LogP contribution in [0.4, 0.5) is 11.4 Å². The van der Waals surface area contributed by atoms with Gasteiger partial charge in [-0.2, -0.15) is 0 Å². The number of nitrogens with zero attached hydrogens (tertiary/aromatic N) is 1. The van der Waals surface area contributed by atoms with E-state index in [0.29, 0.717) is 22.0 Å². The zero-order chi connectivity index (χ0) is 17.0. The van der Waals surface area contributed by atoms with Gasteiger partial charge in [-0.1, -0.05) is 23.7 Å². The highest BCUT2D eigenvalue weighted by molar-refractivity contribution is 6.33. The summed E-state index contributed by atoms with van der Waals surface area (Å²) in [5, 5.41) is 13.9. The lowest BCUT2D eigenvalue weighted by Gasteiger charge is -2.14. The standard InChI is InChI=1S/C16H15ClN2O4/c1-10(11-4-3-5-12(8-11)19(21)22)16(20)18-15-9-13(23-2)6-7-14(15)17/h3-10H,1-2H3,(H,18,20)/t10-/m0/s1.